The molecule has 1 aromatic heterocycles. The van der Waals surface area contributed by atoms with Crippen LogP contribution in [0.1, 0.15) is 40.0 Å². The third-order valence-electron chi connectivity index (χ3n) is 6.24. The molecule has 0 radical (unpaired) electrons. The Hall–Kier alpha value is -2.63. The topological polar surface area (TPSA) is 54.7 Å². The number of fused-ring (bicyclic) bond motifs is 1. The fraction of sp³-hybridized carbons (Fsp3) is 0.400. The molecule has 1 unspecified atom stereocenters. The van der Waals surface area contributed by atoms with E-state index >= 15 is 0 Å². The van der Waals surface area contributed by atoms with Gasteiger partial charge in [0.1, 0.15) is 0 Å². The van der Waals surface area contributed by atoms with Crippen molar-refractivity contribution in [1.29, 1.82) is 0 Å². The predicted molar refractivity (Wildman–Crippen MR) is 119 cm³/mol. The van der Waals surface area contributed by atoms with Gasteiger partial charge in [-0.05, 0) is 62.1 Å². The lowest BCUT2D eigenvalue weighted by atomic mass is 10.0. The van der Waals surface area contributed by atoms with Gasteiger partial charge in [-0.3, -0.25) is 4.90 Å². The average molecular weight is 407 g/mol. The van der Waals surface area contributed by atoms with Crippen molar-refractivity contribution in [2.24, 2.45) is 0 Å². The molecule has 0 amide bonds. The number of aromatic nitrogens is 1. The molecule has 5 nitrogen and oxygen atoms in total. The number of aliphatic hydroxyl groups excluding tert-OH is 1. The van der Waals surface area contributed by atoms with Gasteiger partial charge in [0, 0.05) is 36.2 Å². The maximum absolute atomic E-state index is 11.7. The highest BCUT2D eigenvalue weighted by molar-refractivity contribution is 5.89. The summed E-state index contributed by atoms with van der Waals surface area (Å²) in [6, 6.07) is 16.3. The number of hydrogen-bond acceptors (Lipinski definition) is 4. The van der Waals surface area contributed by atoms with Gasteiger partial charge in [0.2, 0.25) is 0 Å². The number of esters is 1. The van der Waals surface area contributed by atoms with Crippen LogP contribution in [0.3, 0.4) is 0 Å². The molecule has 1 N–H and O–H groups in total. The standard InChI is InChI=1S/C25H30N2O3/c1-18-23(16-19-9-11-20(12-10-19)25(29)30-2)22-7-3-4-8-24(22)27(18)15-14-26-13-5-6-21(28)17-26/h3-4,7-12,21,28H,5-6,13-17H2,1-2H3. The van der Waals surface area contributed by atoms with Gasteiger partial charge in [-0.2, -0.15) is 0 Å². The summed E-state index contributed by atoms with van der Waals surface area (Å²) < 4.78 is 7.21. The fourth-order valence-electron chi connectivity index (χ4n) is 4.57. The van der Waals surface area contributed by atoms with E-state index in [4.69, 9.17) is 4.74 Å². The van der Waals surface area contributed by atoms with Gasteiger partial charge >= 0.3 is 5.97 Å². The number of para-hydroxylation sites is 1. The molecule has 1 atom stereocenters. The van der Waals surface area contributed by atoms with Crippen molar-refractivity contribution in [3.8, 4) is 0 Å². The Labute approximate surface area is 177 Å². The second-order valence-electron chi connectivity index (χ2n) is 8.19. The second kappa shape index (κ2) is 9.02. The number of likely N-dealkylation sites (tertiary alicyclic amines) is 1. The fourth-order valence-corrected chi connectivity index (χ4v) is 4.57. The first-order valence-electron chi connectivity index (χ1n) is 10.7. The molecule has 0 aliphatic carbocycles. The van der Waals surface area contributed by atoms with Crippen LogP contribution >= 0.6 is 0 Å². The van der Waals surface area contributed by atoms with Gasteiger partial charge in [0.05, 0.1) is 18.8 Å². The highest BCUT2D eigenvalue weighted by Gasteiger charge is 2.19. The normalized spacial score (nSPS) is 17.4. The van der Waals surface area contributed by atoms with Gasteiger partial charge in [0.25, 0.3) is 0 Å². The first-order valence-corrected chi connectivity index (χ1v) is 10.7. The molecule has 1 fully saturated rings. The molecule has 30 heavy (non-hydrogen) atoms. The number of methoxy groups -OCH3 is 1. The minimum atomic E-state index is -0.308. The Balaban J connectivity index is 1.58. The zero-order valence-corrected chi connectivity index (χ0v) is 17.8. The van der Waals surface area contributed by atoms with Crippen molar-refractivity contribution < 1.29 is 14.6 Å². The van der Waals surface area contributed by atoms with E-state index in [9.17, 15) is 9.90 Å². The van der Waals surface area contributed by atoms with E-state index in [2.05, 4.69) is 40.7 Å². The Kier molecular flexibility index (Phi) is 6.21. The SMILES string of the molecule is COC(=O)c1ccc(Cc2c(C)n(CCN3CCCC(O)C3)c3ccccc23)cc1. The van der Waals surface area contributed by atoms with E-state index in [0.717, 1.165) is 45.4 Å². The van der Waals surface area contributed by atoms with E-state index in [1.54, 1.807) is 0 Å². The molecule has 158 valence electrons. The van der Waals surface area contributed by atoms with Crippen molar-refractivity contribution in [2.75, 3.05) is 26.7 Å². The quantitative estimate of drug-likeness (QED) is 0.633. The van der Waals surface area contributed by atoms with E-state index in [1.807, 2.05) is 24.3 Å². The molecule has 3 aromatic rings. The highest BCUT2D eigenvalue weighted by Crippen LogP contribution is 2.28. The highest BCUT2D eigenvalue weighted by atomic mass is 16.5. The smallest absolute Gasteiger partial charge is 0.337 e. The third kappa shape index (κ3) is 4.27. The van der Waals surface area contributed by atoms with Crippen molar-refractivity contribution >= 4 is 16.9 Å². The van der Waals surface area contributed by atoms with Gasteiger partial charge < -0.3 is 14.4 Å². The molecule has 4 rings (SSSR count). The molecule has 0 spiro atoms. The van der Waals surface area contributed by atoms with Crippen LogP contribution in [0.4, 0.5) is 0 Å². The number of rotatable bonds is 6. The van der Waals surface area contributed by atoms with Crippen LogP contribution in [0.2, 0.25) is 0 Å². The summed E-state index contributed by atoms with van der Waals surface area (Å²) in [6.45, 7) is 5.90. The Morgan fingerprint density at radius 1 is 1.13 bits per heavy atom. The Bertz CT molecular complexity index is 1020. The van der Waals surface area contributed by atoms with E-state index < -0.39 is 0 Å². The van der Waals surface area contributed by atoms with Crippen molar-refractivity contribution in [3.05, 3.63) is 70.9 Å². The predicted octanol–water partition coefficient (Wildman–Crippen LogP) is 3.78. The summed E-state index contributed by atoms with van der Waals surface area (Å²) in [5.41, 5.74) is 5.62. The average Bonchev–Trinajstić information content (AvgIpc) is 3.03. The zero-order valence-electron chi connectivity index (χ0n) is 17.8. The molecule has 2 aromatic carbocycles. The van der Waals surface area contributed by atoms with Crippen LogP contribution in [-0.2, 0) is 17.7 Å². The van der Waals surface area contributed by atoms with Gasteiger partial charge in [-0.15, -0.1) is 0 Å². The lowest BCUT2D eigenvalue weighted by Gasteiger charge is -2.30. The van der Waals surface area contributed by atoms with Crippen molar-refractivity contribution in [3.63, 3.8) is 0 Å². The van der Waals surface area contributed by atoms with Crippen molar-refractivity contribution in [2.45, 2.75) is 38.8 Å². The monoisotopic (exact) mass is 406 g/mol. The van der Waals surface area contributed by atoms with E-state index in [-0.39, 0.29) is 12.1 Å². The van der Waals surface area contributed by atoms with Crippen LogP contribution in [0, 0.1) is 6.92 Å². The summed E-state index contributed by atoms with van der Waals surface area (Å²) >= 11 is 0. The van der Waals surface area contributed by atoms with Gasteiger partial charge in [-0.1, -0.05) is 30.3 Å². The van der Waals surface area contributed by atoms with Crippen molar-refractivity contribution in [1.82, 2.24) is 9.47 Å². The summed E-state index contributed by atoms with van der Waals surface area (Å²) in [6.07, 6.45) is 2.62. The number of β-amino-alcohol motifs (C(OH)–C–C–N with tert-alkyl or cyclic N) is 1. The summed E-state index contributed by atoms with van der Waals surface area (Å²) in [5.74, 6) is -0.308. The Morgan fingerprint density at radius 3 is 2.63 bits per heavy atom. The summed E-state index contributed by atoms with van der Waals surface area (Å²) in [5, 5.41) is 11.2. The maximum Gasteiger partial charge on any atom is 0.337 e. The lowest BCUT2D eigenvalue weighted by Crippen LogP contribution is -2.39. The zero-order chi connectivity index (χ0) is 21.1. The first-order chi connectivity index (χ1) is 14.6. The molecule has 0 bridgehead atoms. The number of aliphatic hydroxyl groups is 1. The van der Waals surface area contributed by atoms with E-state index in [1.165, 1.54) is 34.8 Å². The molecule has 2 heterocycles. The molecule has 5 heteroatoms. The van der Waals surface area contributed by atoms with Crippen LogP contribution < -0.4 is 0 Å². The summed E-state index contributed by atoms with van der Waals surface area (Å²) in [7, 11) is 1.40. The molecule has 1 saturated heterocycles. The summed E-state index contributed by atoms with van der Waals surface area (Å²) in [4.78, 5) is 14.1. The maximum atomic E-state index is 11.7. The molecule has 0 saturated carbocycles. The third-order valence-corrected chi connectivity index (χ3v) is 6.24. The number of hydrogen-bond donors (Lipinski definition) is 1. The molecule has 1 aliphatic heterocycles. The van der Waals surface area contributed by atoms with Crippen LogP contribution in [0.15, 0.2) is 48.5 Å². The molecular weight excluding hydrogens is 376 g/mol. The largest absolute Gasteiger partial charge is 0.465 e. The number of piperidine rings is 1. The van der Waals surface area contributed by atoms with Crippen LogP contribution in [-0.4, -0.2) is 53.4 Å². The lowest BCUT2D eigenvalue weighted by molar-refractivity contribution is 0.0600. The number of nitrogens with zero attached hydrogens (tertiary/aromatic N) is 2. The van der Waals surface area contributed by atoms with Gasteiger partial charge in [0.15, 0.2) is 0 Å². The number of carbonyl (C=O) groups is 1. The first kappa shape index (κ1) is 20.6. The van der Waals surface area contributed by atoms with E-state index in [0.29, 0.717) is 5.56 Å². The molecular formula is C25H30N2O3. The minimum Gasteiger partial charge on any atom is -0.465 e. The van der Waals surface area contributed by atoms with Crippen LogP contribution in [0.5, 0.6) is 0 Å². The second-order valence-corrected chi connectivity index (χ2v) is 8.19. The van der Waals surface area contributed by atoms with Crippen LogP contribution in [0.25, 0.3) is 10.9 Å². The number of ether oxygens (including phenoxy) is 1. The Morgan fingerprint density at radius 2 is 1.90 bits per heavy atom. The number of carbonyl (C=O) groups excluding carboxylic acids is 1. The van der Waals surface area contributed by atoms with Gasteiger partial charge in [-0.25, -0.2) is 4.79 Å². The molecule has 1 aliphatic rings. The number of benzene rings is 2. The minimum absolute atomic E-state index is 0.190.